The highest BCUT2D eigenvalue weighted by Gasteiger charge is 2.21. The van der Waals surface area contributed by atoms with Crippen molar-refractivity contribution in [1.29, 1.82) is 0 Å². The molecule has 4 rings (SSSR count). The van der Waals surface area contributed by atoms with Gasteiger partial charge in [0.2, 0.25) is 0 Å². The van der Waals surface area contributed by atoms with Crippen LogP contribution in [0.2, 0.25) is 0 Å². The van der Waals surface area contributed by atoms with E-state index in [0.717, 1.165) is 16.5 Å². The third-order valence-corrected chi connectivity index (χ3v) is 5.92. The van der Waals surface area contributed by atoms with Gasteiger partial charge in [-0.1, -0.05) is 29.5 Å². The van der Waals surface area contributed by atoms with Gasteiger partial charge in [-0.15, -0.1) is 0 Å². The van der Waals surface area contributed by atoms with Crippen molar-refractivity contribution in [2.24, 2.45) is 0 Å². The fraction of sp³-hybridized carbons (Fsp3) is 0.167. The minimum Gasteiger partial charge on any atom is -0.486 e. The van der Waals surface area contributed by atoms with Crippen molar-refractivity contribution in [3.05, 3.63) is 87.5 Å². The van der Waals surface area contributed by atoms with Gasteiger partial charge in [0.05, 0.1) is 10.5 Å². The molecule has 0 saturated heterocycles. The van der Waals surface area contributed by atoms with E-state index in [1.807, 2.05) is 31.2 Å². The number of aryl methyl sites for hydroxylation is 1. The summed E-state index contributed by atoms with van der Waals surface area (Å²) >= 11 is 1.28. The molecule has 8 nitrogen and oxygen atoms in total. The van der Waals surface area contributed by atoms with Crippen LogP contribution in [0.4, 0.5) is 5.69 Å². The zero-order chi connectivity index (χ0) is 23.4. The van der Waals surface area contributed by atoms with Gasteiger partial charge in [0.15, 0.2) is 23.9 Å². The average Bonchev–Trinajstić information content (AvgIpc) is 2.83. The molecule has 1 aliphatic rings. The van der Waals surface area contributed by atoms with Crippen molar-refractivity contribution in [3.63, 3.8) is 0 Å². The largest absolute Gasteiger partial charge is 0.486 e. The maximum Gasteiger partial charge on any atom is 0.339 e. The molecule has 0 aliphatic carbocycles. The molecule has 0 atom stereocenters. The highest BCUT2D eigenvalue weighted by atomic mass is 32.2. The first-order valence-electron chi connectivity index (χ1n) is 10.0. The Morgan fingerprint density at radius 3 is 2.45 bits per heavy atom. The van der Waals surface area contributed by atoms with E-state index in [0.29, 0.717) is 35.2 Å². The molecule has 0 unspecified atom stereocenters. The lowest BCUT2D eigenvalue weighted by Crippen LogP contribution is -2.17. The molecule has 33 heavy (non-hydrogen) atoms. The molecule has 0 spiro atoms. The summed E-state index contributed by atoms with van der Waals surface area (Å²) in [6.45, 7) is 2.26. The minimum absolute atomic E-state index is 0.0183. The number of Topliss-reactive ketones (excluding diaryl/α,β-unsaturated/α-hetero) is 1. The first kappa shape index (κ1) is 22.3. The van der Waals surface area contributed by atoms with Crippen LogP contribution in [0.25, 0.3) is 0 Å². The molecule has 0 aromatic heterocycles. The molecule has 3 aromatic rings. The zero-order valence-electron chi connectivity index (χ0n) is 17.6. The Hall–Kier alpha value is -3.85. The number of ketones is 1. The van der Waals surface area contributed by atoms with E-state index in [1.165, 1.54) is 30.0 Å². The first-order valence-corrected chi connectivity index (χ1v) is 10.9. The summed E-state index contributed by atoms with van der Waals surface area (Å²) in [5.74, 6) is -0.254. The third kappa shape index (κ3) is 5.32. The topological polar surface area (TPSA) is 105 Å². The maximum absolute atomic E-state index is 12.8. The van der Waals surface area contributed by atoms with Crippen LogP contribution in [-0.4, -0.2) is 36.5 Å². The van der Waals surface area contributed by atoms with E-state index in [1.54, 1.807) is 12.1 Å². The quantitative estimate of drug-likeness (QED) is 0.211. The number of hydrogen-bond donors (Lipinski definition) is 0. The number of nitrogens with zero attached hydrogens (tertiary/aromatic N) is 1. The van der Waals surface area contributed by atoms with E-state index in [2.05, 4.69) is 0 Å². The van der Waals surface area contributed by atoms with Crippen LogP contribution in [0.1, 0.15) is 26.3 Å². The first-order chi connectivity index (χ1) is 15.9. The number of rotatable bonds is 7. The Balaban J connectivity index is 1.51. The van der Waals surface area contributed by atoms with Gasteiger partial charge in [-0.05, 0) is 43.3 Å². The highest BCUT2D eigenvalue weighted by Crippen LogP contribution is 2.34. The predicted molar refractivity (Wildman–Crippen MR) is 120 cm³/mol. The summed E-state index contributed by atoms with van der Waals surface area (Å²) in [6.07, 6.45) is 0. The van der Waals surface area contributed by atoms with Crippen molar-refractivity contribution in [3.8, 4) is 11.5 Å². The van der Waals surface area contributed by atoms with Crippen LogP contribution in [-0.2, 0) is 4.74 Å². The minimum atomic E-state index is -0.820. The number of carbonyl (C=O) groups excluding carboxylic acids is 2. The molecule has 1 heterocycles. The number of esters is 1. The lowest BCUT2D eigenvalue weighted by Gasteiger charge is -2.18. The molecule has 0 N–H and O–H groups in total. The van der Waals surface area contributed by atoms with E-state index in [9.17, 15) is 19.7 Å². The number of nitro benzene ring substituents is 1. The summed E-state index contributed by atoms with van der Waals surface area (Å²) in [7, 11) is 0. The van der Waals surface area contributed by atoms with Crippen LogP contribution in [0, 0.1) is 17.0 Å². The fourth-order valence-corrected chi connectivity index (χ4v) is 4.04. The summed E-state index contributed by atoms with van der Waals surface area (Å²) in [5, 5.41) is 11.2. The molecular formula is C24H19NO7S. The van der Waals surface area contributed by atoms with Gasteiger partial charge in [0.25, 0.3) is 5.69 Å². The monoisotopic (exact) mass is 465 g/mol. The zero-order valence-corrected chi connectivity index (χ0v) is 18.4. The SMILES string of the molecule is Cc1ccc(Sc2ccc([N+](=O)[O-])cc2C(=O)OCC(=O)c2ccc3c(c2)OCCO3)cc1. The molecule has 0 fully saturated rings. The van der Waals surface area contributed by atoms with Crippen LogP contribution >= 0.6 is 11.8 Å². The molecule has 0 radical (unpaired) electrons. The molecule has 0 saturated carbocycles. The molecule has 168 valence electrons. The third-order valence-electron chi connectivity index (χ3n) is 4.84. The van der Waals surface area contributed by atoms with Crippen LogP contribution < -0.4 is 9.47 Å². The highest BCUT2D eigenvalue weighted by molar-refractivity contribution is 7.99. The van der Waals surface area contributed by atoms with Crippen LogP contribution in [0.5, 0.6) is 11.5 Å². The van der Waals surface area contributed by atoms with Gasteiger partial charge in [0, 0.05) is 27.5 Å². The van der Waals surface area contributed by atoms with Crippen molar-refractivity contribution < 1.29 is 28.7 Å². The Morgan fingerprint density at radius 2 is 1.73 bits per heavy atom. The number of nitro groups is 1. The summed E-state index contributed by atoms with van der Waals surface area (Å²) in [6, 6.07) is 16.4. The van der Waals surface area contributed by atoms with Gasteiger partial charge >= 0.3 is 5.97 Å². The molecule has 0 amide bonds. The van der Waals surface area contributed by atoms with Crippen LogP contribution in [0.15, 0.2) is 70.5 Å². The van der Waals surface area contributed by atoms with Crippen molar-refractivity contribution in [2.75, 3.05) is 19.8 Å². The lowest BCUT2D eigenvalue weighted by molar-refractivity contribution is -0.384. The number of non-ortho nitro benzene ring substituents is 1. The number of benzene rings is 3. The van der Waals surface area contributed by atoms with E-state index in [4.69, 9.17) is 14.2 Å². The van der Waals surface area contributed by atoms with Crippen molar-refractivity contribution >= 4 is 29.2 Å². The molecule has 3 aromatic carbocycles. The summed E-state index contributed by atoms with van der Waals surface area (Å²) in [4.78, 5) is 37.3. The molecule has 9 heteroatoms. The van der Waals surface area contributed by atoms with E-state index >= 15 is 0 Å². The van der Waals surface area contributed by atoms with E-state index in [-0.39, 0.29) is 11.3 Å². The molecule has 1 aliphatic heterocycles. The number of fused-ring (bicyclic) bond motifs is 1. The standard InChI is InChI=1S/C24H19NO7S/c1-15-2-6-18(7-3-15)33-23-9-5-17(25(28)29)13-19(23)24(27)32-14-20(26)16-4-8-21-22(12-16)31-11-10-30-21/h2-9,12-13H,10-11,14H2,1H3. The normalized spacial score (nSPS) is 12.2. The second-order valence-electron chi connectivity index (χ2n) is 7.21. The second kappa shape index (κ2) is 9.74. The van der Waals surface area contributed by atoms with Crippen molar-refractivity contribution in [1.82, 2.24) is 0 Å². The van der Waals surface area contributed by atoms with Crippen LogP contribution in [0.3, 0.4) is 0 Å². The van der Waals surface area contributed by atoms with E-state index < -0.39 is 23.3 Å². The average molecular weight is 465 g/mol. The van der Waals surface area contributed by atoms with Gasteiger partial charge in [-0.2, -0.15) is 0 Å². The fourth-order valence-electron chi connectivity index (χ4n) is 3.12. The van der Waals surface area contributed by atoms with Gasteiger partial charge in [-0.3, -0.25) is 14.9 Å². The number of carbonyl (C=O) groups is 2. The van der Waals surface area contributed by atoms with Crippen molar-refractivity contribution in [2.45, 2.75) is 16.7 Å². The maximum atomic E-state index is 12.8. The second-order valence-corrected chi connectivity index (χ2v) is 8.33. The van der Waals surface area contributed by atoms with Gasteiger partial charge < -0.3 is 14.2 Å². The number of ether oxygens (including phenoxy) is 3. The smallest absolute Gasteiger partial charge is 0.339 e. The molecule has 0 bridgehead atoms. The Labute approximate surface area is 193 Å². The summed E-state index contributed by atoms with van der Waals surface area (Å²) < 4.78 is 16.1. The number of hydrogen-bond acceptors (Lipinski definition) is 8. The Bertz CT molecular complexity index is 1220. The Morgan fingerprint density at radius 1 is 1.00 bits per heavy atom. The van der Waals surface area contributed by atoms with Gasteiger partial charge in [0.1, 0.15) is 13.2 Å². The molecular weight excluding hydrogens is 446 g/mol. The van der Waals surface area contributed by atoms with Gasteiger partial charge in [-0.25, -0.2) is 4.79 Å². The lowest BCUT2D eigenvalue weighted by atomic mass is 10.1. The predicted octanol–water partition coefficient (Wildman–Crippen LogP) is 4.87. The summed E-state index contributed by atoms with van der Waals surface area (Å²) in [5.41, 5.74) is 1.17. The Kier molecular flexibility index (Phi) is 6.60.